The quantitative estimate of drug-likeness (QED) is 0.437. The Morgan fingerprint density at radius 1 is 1.27 bits per heavy atom. The molecule has 0 unspecified atom stereocenters. The molecule has 0 saturated carbocycles. The molecule has 4 heteroatoms. The van der Waals surface area contributed by atoms with Gasteiger partial charge in [-0.1, -0.05) is 51.1 Å². The van der Waals surface area contributed by atoms with Gasteiger partial charge in [0.1, 0.15) is 5.75 Å². The Balaban J connectivity index is 2.79. The number of hydrogen-bond acceptors (Lipinski definition) is 3. The lowest BCUT2D eigenvalue weighted by Crippen LogP contribution is -2.40. The van der Waals surface area contributed by atoms with Crippen molar-refractivity contribution >= 4 is 20.4 Å². The van der Waals surface area contributed by atoms with Crippen molar-refractivity contribution in [3.8, 4) is 5.75 Å². The second-order valence-electron chi connectivity index (χ2n) is 7.06. The third kappa shape index (κ3) is 5.11. The van der Waals surface area contributed by atoms with Crippen LogP contribution in [0.2, 0.25) is 18.1 Å². The summed E-state index contributed by atoms with van der Waals surface area (Å²) in [7, 11) is -1.73. The van der Waals surface area contributed by atoms with Crippen LogP contribution in [0.1, 0.15) is 38.8 Å². The zero-order chi connectivity index (χ0) is 17.0. The van der Waals surface area contributed by atoms with Crippen molar-refractivity contribution < 1.29 is 14.0 Å². The fraction of sp³-hybridized carbons (Fsp3) is 0.500. The highest BCUT2D eigenvalue weighted by atomic mass is 28.4. The van der Waals surface area contributed by atoms with Gasteiger partial charge in [-0.25, -0.2) is 0 Å². The Bertz CT molecular complexity index is 554. The smallest absolute Gasteiger partial charge is 0.308 e. The molecule has 0 saturated heterocycles. The number of aryl methyl sites for hydroxylation is 1. The lowest BCUT2D eigenvalue weighted by Gasteiger charge is -2.35. The van der Waals surface area contributed by atoms with E-state index in [9.17, 15) is 4.79 Å². The maximum absolute atomic E-state index is 11.2. The van der Waals surface area contributed by atoms with Crippen LogP contribution in [0.4, 0.5) is 0 Å². The van der Waals surface area contributed by atoms with Crippen LogP contribution in [0.3, 0.4) is 0 Å². The summed E-state index contributed by atoms with van der Waals surface area (Å²) in [6.45, 7) is 15.1. The zero-order valence-corrected chi connectivity index (χ0v) is 15.8. The van der Waals surface area contributed by atoms with Crippen LogP contribution in [0.5, 0.6) is 5.75 Å². The molecule has 0 atom stereocenters. The van der Waals surface area contributed by atoms with E-state index in [1.165, 1.54) is 6.92 Å². The first-order valence-corrected chi connectivity index (χ1v) is 10.5. The van der Waals surface area contributed by atoms with Crippen molar-refractivity contribution in [1.82, 2.24) is 0 Å². The van der Waals surface area contributed by atoms with E-state index in [4.69, 9.17) is 9.16 Å². The maximum Gasteiger partial charge on any atom is 0.308 e. The summed E-state index contributed by atoms with van der Waals surface area (Å²) in [6, 6.07) is 5.83. The van der Waals surface area contributed by atoms with Crippen LogP contribution in [0, 0.1) is 6.92 Å². The van der Waals surface area contributed by atoms with Gasteiger partial charge in [-0.05, 0) is 30.6 Å². The first kappa shape index (κ1) is 18.7. The third-order valence-electron chi connectivity index (χ3n) is 4.13. The molecule has 22 heavy (non-hydrogen) atoms. The Labute approximate surface area is 135 Å². The minimum absolute atomic E-state index is 0.201. The van der Waals surface area contributed by atoms with E-state index in [2.05, 4.69) is 33.9 Å². The maximum atomic E-state index is 11.2. The zero-order valence-electron chi connectivity index (χ0n) is 14.8. The van der Waals surface area contributed by atoms with E-state index < -0.39 is 8.32 Å². The van der Waals surface area contributed by atoms with Gasteiger partial charge in [0, 0.05) is 12.5 Å². The normalized spacial score (nSPS) is 12.7. The molecule has 0 N–H and O–H groups in total. The first-order valence-electron chi connectivity index (χ1n) is 7.63. The number of para-hydroxylation sites is 1. The summed E-state index contributed by atoms with van der Waals surface area (Å²) in [5.74, 6) is 0.319. The lowest BCUT2D eigenvalue weighted by molar-refractivity contribution is -0.131. The average molecular weight is 321 g/mol. The molecular weight excluding hydrogens is 292 g/mol. The van der Waals surface area contributed by atoms with E-state index in [-0.39, 0.29) is 11.0 Å². The molecule has 0 aliphatic rings. The second kappa shape index (κ2) is 7.25. The van der Waals surface area contributed by atoms with Crippen LogP contribution in [0.25, 0.3) is 6.08 Å². The van der Waals surface area contributed by atoms with Gasteiger partial charge < -0.3 is 9.16 Å². The summed E-state index contributed by atoms with van der Waals surface area (Å²) < 4.78 is 11.4. The van der Waals surface area contributed by atoms with E-state index >= 15 is 0 Å². The Morgan fingerprint density at radius 3 is 2.45 bits per heavy atom. The van der Waals surface area contributed by atoms with Gasteiger partial charge in [-0.15, -0.1) is 0 Å². The van der Waals surface area contributed by atoms with E-state index in [1.54, 1.807) is 0 Å². The average Bonchev–Trinajstić information content (AvgIpc) is 2.36. The van der Waals surface area contributed by atoms with Gasteiger partial charge in [0.05, 0.1) is 6.61 Å². The summed E-state index contributed by atoms with van der Waals surface area (Å²) in [6.07, 6.45) is 3.95. The highest BCUT2D eigenvalue weighted by Crippen LogP contribution is 2.36. The van der Waals surface area contributed by atoms with E-state index in [0.29, 0.717) is 12.4 Å². The first-order chi connectivity index (χ1) is 10.0. The molecule has 122 valence electrons. The molecule has 0 heterocycles. The molecule has 3 nitrogen and oxygen atoms in total. The summed E-state index contributed by atoms with van der Waals surface area (Å²) >= 11 is 0. The Kier molecular flexibility index (Phi) is 6.14. The molecule has 0 fully saturated rings. The number of rotatable bonds is 5. The topological polar surface area (TPSA) is 35.5 Å². The molecule has 0 aliphatic carbocycles. The van der Waals surface area contributed by atoms with Crippen LogP contribution in [0.15, 0.2) is 24.3 Å². The molecule has 0 spiro atoms. The fourth-order valence-corrected chi connectivity index (χ4v) is 2.68. The fourth-order valence-electron chi connectivity index (χ4n) is 1.74. The molecular formula is C18H28O3Si. The minimum atomic E-state index is -1.73. The van der Waals surface area contributed by atoms with Crippen molar-refractivity contribution in [3.63, 3.8) is 0 Å². The van der Waals surface area contributed by atoms with Gasteiger partial charge in [-0.3, -0.25) is 4.79 Å². The van der Waals surface area contributed by atoms with Crippen LogP contribution in [-0.4, -0.2) is 20.9 Å². The third-order valence-corrected chi connectivity index (χ3v) is 8.63. The molecule has 1 rings (SSSR count). The van der Waals surface area contributed by atoms with E-state index in [1.807, 2.05) is 37.3 Å². The number of carbonyl (C=O) groups is 1. The van der Waals surface area contributed by atoms with Gasteiger partial charge in [-0.2, -0.15) is 0 Å². The SMILES string of the molecule is CC(=O)Oc1c(C)cccc1/C=C\CO[Si](C)(C)C(C)(C)C. The number of hydrogen-bond donors (Lipinski definition) is 0. The van der Waals surface area contributed by atoms with Crippen molar-refractivity contribution in [2.75, 3.05) is 6.61 Å². The van der Waals surface area contributed by atoms with E-state index in [0.717, 1.165) is 11.1 Å². The van der Waals surface area contributed by atoms with Crippen molar-refractivity contribution in [1.29, 1.82) is 0 Å². The largest absolute Gasteiger partial charge is 0.426 e. The van der Waals surface area contributed by atoms with Gasteiger partial charge in [0.2, 0.25) is 0 Å². The van der Waals surface area contributed by atoms with Crippen LogP contribution in [-0.2, 0) is 9.22 Å². The Hall–Kier alpha value is -1.39. The predicted molar refractivity (Wildman–Crippen MR) is 94.7 cm³/mol. The Morgan fingerprint density at radius 2 is 1.91 bits per heavy atom. The summed E-state index contributed by atoms with van der Waals surface area (Å²) in [4.78, 5) is 11.2. The monoisotopic (exact) mass is 320 g/mol. The van der Waals surface area contributed by atoms with Crippen LogP contribution < -0.4 is 4.74 Å². The number of carbonyl (C=O) groups excluding carboxylic acids is 1. The van der Waals surface area contributed by atoms with Crippen LogP contribution >= 0.6 is 0 Å². The summed E-state index contributed by atoms with van der Waals surface area (Å²) in [5, 5.41) is 0.201. The molecule has 0 radical (unpaired) electrons. The highest BCUT2D eigenvalue weighted by molar-refractivity contribution is 6.74. The van der Waals surface area contributed by atoms with Crippen molar-refractivity contribution in [3.05, 3.63) is 35.4 Å². The van der Waals surface area contributed by atoms with Gasteiger partial charge in [0.25, 0.3) is 0 Å². The minimum Gasteiger partial charge on any atom is -0.426 e. The molecule has 0 amide bonds. The van der Waals surface area contributed by atoms with Crippen molar-refractivity contribution in [2.24, 2.45) is 0 Å². The molecule has 0 bridgehead atoms. The molecule has 0 aromatic heterocycles. The van der Waals surface area contributed by atoms with Gasteiger partial charge >= 0.3 is 5.97 Å². The lowest BCUT2D eigenvalue weighted by atomic mass is 10.1. The van der Waals surface area contributed by atoms with Crippen molar-refractivity contribution in [2.45, 2.75) is 52.8 Å². The summed E-state index contributed by atoms with van der Waals surface area (Å²) in [5.41, 5.74) is 1.84. The standard InChI is InChI=1S/C18H28O3Si/c1-14-10-8-11-16(17(14)21-15(2)19)12-9-13-20-22(6,7)18(3,4)5/h8-12H,13H2,1-7H3/b12-9-. The molecule has 1 aromatic carbocycles. The number of ether oxygens (including phenoxy) is 1. The number of benzene rings is 1. The molecule has 0 aliphatic heterocycles. The highest BCUT2D eigenvalue weighted by Gasteiger charge is 2.36. The predicted octanol–water partition coefficient (Wildman–Crippen LogP) is 4.96. The number of esters is 1. The second-order valence-corrected chi connectivity index (χ2v) is 11.9. The molecule has 1 aromatic rings. The van der Waals surface area contributed by atoms with Gasteiger partial charge in [0.15, 0.2) is 8.32 Å².